The van der Waals surface area contributed by atoms with E-state index < -0.39 is 27.0 Å². The van der Waals surface area contributed by atoms with Crippen molar-refractivity contribution in [2.45, 2.75) is 24.9 Å². The first kappa shape index (κ1) is 15.5. The molecule has 2 aliphatic heterocycles. The Morgan fingerprint density at radius 2 is 1.95 bits per heavy atom. The lowest BCUT2D eigenvalue weighted by Crippen LogP contribution is -2.54. The van der Waals surface area contributed by atoms with Gasteiger partial charge in [0.25, 0.3) is 0 Å². The number of carboxylic acids is 1. The average Bonchev–Trinajstić information content (AvgIpc) is 3.01. The minimum atomic E-state index is -3.40. The number of carboxylic acid groups (broad SMARTS) is 1. The van der Waals surface area contributed by atoms with Crippen LogP contribution < -0.4 is 4.72 Å². The highest BCUT2D eigenvalue weighted by Crippen LogP contribution is 2.57. The Morgan fingerprint density at radius 1 is 1.27 bits per heavy atom. The highest BCUT2D eigenvalue weighted by atomic mass is 32.2. The van der Waals surface area contributed by atoms with Crippen LogP contribution in [-0.2, 0) is 26.0 Å². The van der Waals surface area contributed by atoms with E-state index in [1.54, 1.807) is 0 Å². The van der Waals surface area contributed by atoms with Crippen molar-refractivity contribution in [1.29, 1.82) is 0 Å². The molecule has 4 rings (SSSR count). The molecule has 0 amide bonds. The van der Waals surface area contributed by atoms with Crippen LogP contribution in [0.5, 0.6) is 0 Å². The summed E-state index contributed by atoms with van der Waals surface area (Å²) in [5.41, 5.74) is -0.454. The van der Waals surface area contributed by atoms with E-state index in [9.17, 15) is 13.2 Å². The molecule has 6 nitrogen and oxygen atoms in total. The summed E-state index contributed by atoms with van der Waals surface area (Å²) in [5, 5.41) is 9.14. The van der Waals surface area contributed by atoms with Gasteiger partial charge in [-0.3, -0.25) is 4.79 Å². The van der Waals surface area contributed by atoms with Gasteiger partial charge in [-0.25, -0.2) is 13.1 Å². The molecule has 7 heteroatoms. The summed E-state index contributed by atoms with van der Waals surface area (Å²) in [6, 6.07) is 9.42. The Kier molecular flexibility index (Phi) is 3.74. The van der Waals surface area contributed by atoms with Crippen LogP contribution in [-0.4, -0.2) is 44.0 Å². The minimum Gasteiger partial charge on any atom is -0.481 e. The standard InChI is InChI=1S/C15H19NO5S/c17-13(18)14-8-15(9-14,21-11-14)10-16-22(19,20)7-6-12-4-2-1-3-5-12/h1-5,16H,6-11H2,(H,17,18). The van der Waals surface area contributed by atoms with Gasteiger partial charge in [-0.15, -0.1) is 0 Å². The van der Waals surface area contributed by atoms with Crippen LogP contribution in [0.3, 0.4) is 0 Å². The predicted octanol–water partition coefficient (Wildman–Crippen LogP) is 0.782. The molecule has 2 saturated heterocycles. The van der Waals surface area contributed by atoms with E-state index in [-0.39, 0.29) is 18.9 Å². The van der Waals surface area contributed by atoms with E-state index in [1.165, 1.54) is 0 Å². The quantitative estimate of drug-likeness (QED) is 0.773. The minimum absolute atomic E-state index is 0.0111. The van der Waals surface area contributed by atoms with Gasteiger partial charge in [0.15, 0.2) is 0 Å². The molecule has 2 N–H and O–H groups in total. The molecule has 0 spiro atoms. The molecule has 1 aromatic carbocycles. The fourth-order valence-corrected chi connectivity index (χ4v) is 4.41. The molecule has 0 radical (unpaired) electrons. The Morgan fingerprint density at radius 3 is 2.55 bits per heavy atom. The van der Waals surface area contributed by atoms with E-state index in [0.717, 1.165) is 5.56 Å². The zero-order valence-corrected chi connectivity index (χ0v) is 12.9. The Balaban J connectivity index is 1.51. The summed E-state index contributed by atoms with van der Waals surface area (Å²) in [4.78, 5) is 11.1. The first-order valence-electron chi connectivity index (χ1n) is 7.24. The van der Waals surface area contributed by atoms with E-state index in [1.807, 2.05) is 30.3 Å². The van der Waals surface area contributed by atoms with Crippen LogP contribution in [0, 0.1) is 5.41 Å². The van der Waals surface area contributed by atoms with Gasteiger partial charge in [0.2, 0.25) is 10.0 Å². The Hall–Kier alpha value is -1.44. The maximum Gasteiger partial charge on any atom is 0.312 e. The summed E-state index contributed by atoms with van der Waals surface area (Å²) in [7, 11) is -3.40. The normalized spacial score (nSPS) is 30.0. The molecule has 1 aromatic rings. The molecule has 1 saturated carbocycles. The van der Waals surface area contributed by atoms with Crippen molar-refractivity contribution in [3.63, 3.8) is 0 Å². The van der Waals surface area contributed by atoms with Gasteiger partial charge < -0.3 is 9.84 Å². The number of hydrogen-bond acceptors (Lipinski definition) is 4. The number of ether oxygens (including phenoxy) is 1. The van der Waals surface area contributed by atoms with Crippen LogP contribution in [0.15, 0.2) is 30.3 Å². The second-order valence-electron chi connectivity index (χ2n) is 6.29. The third-order valence-electron chi connectivity index (χ3n) is 4.55. The molecule has 1 aliphatic carbocycles. The molecule has 3 fully saturated rings. The topological polar surface area (TPSA) is 92.7 Å². The second kappa shape index (κ2) is 5.33. The molecular formula is C15H19NO5S. The molecule has 2 bridgehead atoms. The molecular weight excluding hydrogens is 306 g/mol. The van der Waals surface area contributed by atoms with Crippen molar-refractivity contribution in [2.24, 2.45) is 5.41 Å². The smallest absolute Gasteiger partial charge is 0.312 e. The van der Waals surface area contributed by atoms with Gasteiger partial charge in [-0.1, -0.05) is 30.3 Å². The number of fused-ring (bicyclic) bond motifs is 1. The number of aliphatic carboxylic acids is 1. The van der Waals surface area contributed by atoms with Crippen LogP contribution in [0.4, 0.5) is 0 Å². The highest BCUT2D eigenvalue weighted by Gasteiger charge is 2.66. The predicted molar refractivity (Wildman–Crippen MR) is 79.9 cm³/mol. The maximum atomic E-state index is 12.1. The lowest BCUT2D eigenvalue weighted by molar-refractivity contribution is -0.153. The number of hydrogen-bond donors (Lipinski definition) is 2. The number of carbonyl (C=O) groups is 1. The fraction of sp³-hybridized carbons (Fsp3) is 0.533. The summed E-state index contributed by atoms with van der Waals surface area (Å²) < 4.78 is 32.2. The fourth-order valence-electron chi connectivity index (χ4n) is 3.28. The van der Waals surface area contributed by atoms with Crippen molar-refractivity contribution >= 4 is 16.0 Å². The highest BCUT2D eigenvalue weighted by molar-refractivity contribution is 7.89. The van der Waals surface area contributed by atoms with Gasteiger partial charge in [0.05, 0.1) is 23.4 Å². The van der Waals surface area contributed by atoms with Crippen LogP contribution >= 0.6 is 0 Å². The summed E-state index contributed by atoms with van der Waals surface area (Å²) in [6.07, 6.45) is 1.22. The molecule has 22 heavy (non-hydrogen) atoms. The van der Waals surface area contributed by atoms with Gasteiger partial charge in [-0.05, 0) is 24.8 Å². The van der Waals surface area contributed by atoms with Crippen molar-refractivity contribution in [1.82, 2.24) is 4.72 Å². The first-order valence-corrected chi connectivity index (χ1v) is 8.89. The summed E-state index contributed by atoms with van der Waals surface area (Å²) >= 11 is 0. The Bertz CT molecular complexity index is 664. The van der Waals surface area contributed by atoms with Crippen molar-refractivity contribution in [2.75, 3.05) is 18.9 Å². The van der Waals surface area contributed by atoms with Crippen molar-refractivity contribution < 1.29 is 23.1 Å². The number of nitrogens with one attached hydrogen (secondary N) is 1. The summed E-state index contributed by atoms with van der Waals surface area (Å²) in [6.45, 7) is 0.327. The Labute approximate surface area is 129 Å². The monoisotopic (exact) mass is 325 g/mol. The molecule has 2 heterocycles. The molecule has 0 aromatic heterocycles. The van der Waals surface area contributed by atoms with Gasteiger partial charge in [0.1, 0.15) is 0 Å². The average molecular weight is 325 g/mol. The van der Waals surface area contributed by atoms with Gasteiger partial charge >= 0.3 is 5.97 Å². The third-order valence-corrected chi connectivity index (χ3v) is 5.87. The first-order chi connectivity index (χ1) is 10.4. The van der Waals surface area contributed by atoms with Crippen molar-refractivity contribution in [3.05, 3.63) is 35.9 Å². The zero-order chi connectivity index (χ0) is 15.8. The van der Waals surface area contributed by atoms with E-state index in [0.29, 0.717) is 19.3 Å². The van der Waals surface area contributed by atoms with Gasteiger partial charge in [0, 0.05) is 6.54 Å². The molecule has 0 unspecified atom stereocenters. The number of sulfonamides is 1. The van der Waals surface area contributed by atoms with Gasteiger partial charge in [-0.2, -0.15) is 0 Å². The van der Waals surface area contributed by atoms with Crippen LogP contribution in [0.1, 0.15) is 18.4 Å². The number of benzene rings is 1. The van der Waals surface area contributed by atoms with E-state index >= 15 is 0 Å². The molecule has 0 atom stereocenters. The lowest BCUT2D eigenvalue weighted by atomic mass is 9.62. The van der Waals surface area contributed by atoms with Crippen molar-refractivity contribution in [3.8, 4) is 0 Å². The molecule has 120 valence electrons. The lowest BCUT2D eigenvalue weighted by Gasteiger charge is -2.41. The van der Waals surface area contributed by atoms with E-state index in [4.69, 9.17) is 9.84 Å². The van der Waals surface area contributed by atoms with Crippen LogP contribution in [0.2, 0.25) is 0 Å². The number of rotatable bonds is 7. The zero-order valence-electron chi connectivity index (χ0n) is 12.1. The largest absolute Gasteiger partial charge is 0.481 e. The van der Waals surface area contributed by atoms with E-state index in [2.05, 4.69) is 4.72 Å². The molecule has 3 aliphatic rings. The SMILES string of the molecule is O=C(O)C12COC(CNS(=O)(=O)CCc3ccccc3)(C1)C2. The second-order valence-corrected chi connectivity index (χ2v) is 8.21. The third kappa shape index (κ3) is 2.88. The number of aryl methyl sites for hydroxylation is 1. The maximum absolute atomic E-state index is 12.1. The van der Waals surface area contributed by atoms with Crippen LogP contribution in [0.25, 0.3) is 0 Å². The summed E-state index contributed by atoms with van der Waals surface area (Å²) in [5.74, 6) is -0.843.